The number of halogens is 1. The summed E-state index contributed by atoms with van der Waals surface area (Å²) >= 11 is 5.00. The molecular formula is C22H40ClN3. The van der Waals surface area contributed by atoms with Crippen molar-refractivity contribution in [2.24, 2.45) is 0 Å². The Morgan fingerprint density at radius 1 is 0.923 bits per heavy atom. The van der Waals surface area contributed by atoms with Crippen LogP contribution in [0.1, 0.15) is 65.1 Å². The molecule has 26 heavy (non-hydrogen) atoms. The van der Waals surface area contributed by atoms with Crippen molar-refractivity contribution >= 4 is 11.6 Å². The highest BCUT2D eigenvalue weighted by Gasteiger charge is 2.13. The molecule has 0 spiro atoms. The second kappa shape index (κ2) is 17.5. The zero-order valence-electron chi connectivity index (χ0n) is 17.6. The van der Waals surface area contributed by atoms with E-state index in [-0.39, 0.29) is 0 Å². The van der Waals surface area contributed by atoms with Gasteiger partial charge in [0, 0.05) is 50.4 Å². The molecule has 1 fully saturated rings. The molecule has 4 heteroatoms. The molecule has 2 heterocycles. The number of rotatable bonds is 2. The van der Waals surface area contributed by atoms with Crippen LogP contribution in [-0.2, 0) is 12.8 Å². The van der Waals surface area contributed by atoms with Gasteiger partial charge in [-0.2, -0.15) is 0 Å². The maximum atomic E-state index is 5.00. The lowest BCUT2D eigenvalue weighted by Crippen LogP contribution is -2.39. The molecule has 1 saturated heterocycles. The van der Waals surface area contributed by atoms with Gasteiger partial charge >= 0.3 is 0 Å². The van der Waals surface area contributed by atoms with Gasteiger partial charge in [-0.05, 0) is 37.3 Å². The lowest BCUT2D eigenvalue weighted by molar-refractivity contribution is 0.534. The summed E-state index contributed by atoms with van der Waals surface area (Å²) in [5, 5.41) is 6.44. The Labute approximate surface area is 167 Å². The van der Waals surface area contributed by atoms with Gasteiger partial charge in [0.1, 0.15) is 0 Å². The van der Waals surface area contributed by atoms with Crippen LogP contribution < -0.4 is 10.6 Å². The summed E-state index contributed by atoms with van der Waals surface area (Å²) < 4.78 is 0. The van der Waals surface area contributed by atoms with Crippen LogP contribution in [0.5, 0.6) is 0 Å². The van der Waals surface area contributed by atoms with E-state index in [1.165, 1.54) is 36.9 Å². The number of nitrogens with one attached hydrogen (secondary N) is 2. The number of allylic oxidation sites excluding steroid dienone is 2. The minimum Gasteiger partial charge on any atom is -0.314 e. The SMILES string of the molecule is C1CNCCN1.CC.CCC1=C(CC)Cc2ncccc2CC1.CCCl. The normalized spacial score (nSPS) is 15.8. The molecule has 1 aliphatic carbocycles. The van der Waals surface area contributed by atoms with Crippen molar-refractivity contribution in [2.45, 2.75) is 66.7 Å². The minimum atomic E-state index is 0.722. The number of aryl methyl sites for hydroxylation is 1. The maximum Gasteiger partial charge on any atom is 0.0476 e. The highest BCUT2D eigenvalue weighted by atomic mass is 35.5. The summed E-state index contributed by atoms with van der Waals surface area (Å²) in [6, 6.07) is 4.29. The van der Waals surface area contributed by atoms with E-state index in [4.69, 9.17) is 11.6 Å². The van der Waals surface area contributed by atoms with Crippen LogP contribution in [0.4, 0.5) is 0 Å². The molecule has 3 rings (SSSR count). The summed E-state index contributed by atoms with van der Waals surface area (Å²) in [4.78, 5) is 4.51. The third-order valence-electron chi connectivity index (χ3n) is 4.37. The van der Waals surface area contributed by atoms with E-state index in [2.05, 4.69) is 41.6 Å². The lowest BCUT2D eigenvalue weighted by atomic mass is 9.99. The molecule has 0 atom stereocenters. The van der Waals surface area contributed by atoms with Gasteiger partial charge in [-0.15, -0.1) is 11.6 Å². The van der Waals surface area contributed by atoms with Crippen LogP contribution in [0.15, 0.2) is 29.5 Å². The van der Waals surface area contributed by atoms with Gasteiger partial charge in [-0.3, -0.25) is 4.98 Å². The number of fused-ring (bicyclic) bond motifs is 1. The van der Waals surface area contributed by atoms with E-state index >= 15 is 0 Å². The Balaban J connectivity index is 0.000000471. The third kappa shape index (κ3) is 10.3. The maximum absolute atomic E-state index is 5.00. The van der Waals surface area contributed by atoms with Gasteiger partial charge in [0.2, 0.25) is 0 Å². The van der Waals surface area contributed by atoms with Gasteiger partial charge in [0.05, 0.1) is 0 Å². The molecule has 0 radical (unpaired) electrons. The molecule has 1 aromatic heterocycles. The number of nitrogens with zero attached hydrogens (tertiary/aromatic N) is 1. The number of hydrogen-bond donors (Lipinski definition) is 2. The lowest BCUT2D eigenvalue weighted by Gasteiger charge is -2.11. The third-order valence-corrected chi connectivity index (χ3v) is 4.37. The van der Waals surface area contributed by atoms with Crippen LogP contribution in [0.3, 0.4) is 0 Å². The highest BCUT2D eigenvalue weighted by molar-refractivity contribution is 6.17. The average Bonchev–Trinajstić information content (AvgIpc) is 2.90. The number of aromatic nitrogens is 1. The molecule has 1 aromatic rings. The molecule has 0 aromatic carbocycles. The smallest absolute Gasteiger partial charge is 0.0476 e. The summed E-state index contributed by atoms with van der Waals surface area (Å²) in [6.07, 6.45) is 7.80. The topological polar surface area (TPSA) is 37.0 Å². The quantitative estimate of drug-likeness (QED) is 0.550. The van der Waals surface area contributed by atoms with Crippen LogP contribution >= 0.6 is 11.6 Å². The van der Waals surface area contributed by atoms with Gasteiger partial charge in [-0.1, -0.05) is 51.8 Å². The summed E-state index contributed by atoms with van der Waals surface area (Å²) in [6.45, 7) is 15.0. The Kier molecular flexibility index (Phi) is 16.9. The van der Waals surface area contributed by atoms with E-state index in [1.807, 2.05) is 27.0 Å². The van der Waals surface area contributed by atoms with E-state index in [9.17, 15) is 0 Å². The fraction of sp³-hybridized carbons (Fsp3) is 0.682. The predicted molar refractivity (Wildman–Crippen MR) is 117 cm³/mol. The molecule has 2 aliphatic rings. The highest BCUT2D eigenvalue weighted by Crippen LogP contribution is 2.27. The fourth-order valence-corrected chi connectivity index (χ4v) is 3.05. The summed E-state index contributed by atoms with van der Waals surface area (Å²) in [5.41, 5.74) is 6.04. The first kappa shape index (κ1) is 25.1. The molecular weight excluding hydrogens is 342 g/mol. The first-order chi connectivity index (χ1) is 12.8. The molecule has 0 bridgehead atoms. The standard InChI is InChI=1S/C14H19N.C4H10N2.C2H5Cl.C2H6/c1-3-11-7-8-13-6-5-9-15-14(13)10-12(11)4-2;1-2-6-4-3-5-1;1-2-3;1-2/h5-6,9H,3-4,7-8,10H2,1-2H3;5-6H,1-4H2;2H2,1H3;1-2H3. The molecule has 1 aliphatic heterocycles. The largest absolute Gasteiger partial charge is 0.314 e. The van der Waals surface area contributed by atoms with Gasteiger partial charge in [0.15, 0.2) is 0 Å². The number of hydrogen-bond acceptors (Lipinski definition) is 3. The average molecular weight is 382 g/mol. The zero-order chi connectivity index (χ0) is 19.6. The second-order valence-electron chi connectivity index (χ2n) is 5.97. The Bertz CT molecular complexity index is 471. The molecule has 3 nitrogen and oxygen atoms in total. The van der Waals surface area contributed by atoms with Crippen LogP contribution in [0.2, 0.25) is 0 Å². The molecule has 0 amide bonds. The number of alkyl halides is 1. The molecule has 0 unspecified atom stereocenters. The monoisotopic (exact) mass is 381 g/mol. The van der Waals surface area contributed by atoms with Gasteiger partial charge in [-0.25, -0.2) is 0 Å². The van der Waals surface area contributed by atoms with Crippen molar-refractivity contribution < 1.29 is 0 Å². The zero-order valence-corrected chi connectivity index (χ0v) is 18.4. The first-order valence-corrected chi connectivity index (χ1v) is 10.9. The number of piperazine rings is 1. The Hall–Kier alpha value is -0.900. The van der Waals surface area contributed by atoms with Crippen LogP contribution in [-0.4, -0.2) is 37.0 Å². The Morgan fingerprint density at radius 2 is 1.46 bits per heavy atom. The fourth-order valence-electron chi connectivity index (χ4n) is 3.05. The van der Waals surface area contributed by atoms with Crippen molar-refractivity contribution in [1.82, 2.24) is 15.6 Å². The van der Waals surface area contributed by atoms with Crippen molar-refractivity contribution in [1.29, 1.82) is 0 Å². The first-order valence-electron chi connectivity index (χ1n) is 10.4. The van der Waals surface area contributed by atoms with Gasteiger partial charge < -0.3 is 10.6 Å². The van der Waals surface area contributed by atoms with E-state index in [1.54, 1.807) is 11.1 Å². The molecule has 0 saturated carbocycles. The van der Waals surface area contributed by atoms with Crippen molar-refractivity contribution in [3.8, 4) is 0 Å². The van der Waals surface area contributed by atoms with E-state index in [0.717, 1.165) is 38.5 Å². The predicted octanol–water partition coefficient (Wildman–Crippen LogP) is 5.14. The molecule has 150 valence electrons. The van der Waals surface area contributed by atoms with Crippen molar-refractivity contribution in [2.75, 3.05) is 32.1 Å². The van der Waals surface area contributed by atoms with E-state index in [0.29, 0.717) is 0 Å². The summed E-state index contributed by atoms with van der Waals surface area (Å²) in [7, 11) is 0. The minimum absolute atomic E-state index is 0.722. The second-order valence-corrected chi connectivity index (χ2v) is 6.50. The van der Waals surface area contributed by atoms with Crippen LogP contribution in [0, 0.1) is 0 Å². The van der Waals surface area contributed by atoms with Crippen molar-refractivity contribution in [3.63, 3.8) is 0 Å². The van der Waals surface area contributed by atoms with Crippen LogP contribution in [0.25, 0.3) is 0 Å². The van der Waals surface area contributed by atoms with E-state index < -0.39 is 0 Å². The summed E-state index contributed by atoms with van der Waals surface area (Å²) in [5.74, 6) is 0.722. The van der Waals surface area contributed by atoms with Gasteiger partial charge in [0.25, 0.3) is 0 Å². The number of pyridine rings is 1. The Morgan fingerprint density at radius 3 is 1.92 bits per heavy atom. The van der Waals surface area contributed by atoms with Crippen molar-refractivity contribution in [3.05, 3.63) is 40.7 Å². The molecule has 2 N–H and O–H groups in total.